The van der Waals surface area contributed by atoms with Gasteiger partial charge in [-0.15, -0.1) is 0 Å². The van der Waals surface area contributed by atoms with E-state index < -0.39 is 0 Å². The van der Waals surface area contributed by atoms with Crippen LogP contribution in [0.1, 0.15) is 38.5 Å². The van der Waals surface area contributed by atoms with Gasteiger partial charge in [0.1, 0.15) is 0 Å². The van der Waals surface area contributed by atoms with Crippen LogP contribution >= 0.6 is 0 Å². The van der Waals surface area contributed by atoms with Crippen molar-refractivity contribution in [2.45, 2.75) is 44.1 Å². The quantitative estimate of drug-likeness (QED) is 0.436. The Kier molecular flexibility index (Phi) is 1.62. The Balaban J connectivity index is 1.83. The highest BCUT2D eigenvalue weighted by molar-refractivity contribution is 5.75. The molecule has 4 N–H and O–H groups in total. The molecule has 4 aliphatic rings. The number of rotatable bonds is 1. The van der Waals surface area contributed by atoms with Crippen molar-refractivity contribution in [1.29, 1.82) is 5.41 Å². The van der Waals surface area contributed by atoms with Gasteiger partial charge in [0.2, 0.25) is 0 Å². The van der Waals surface area contributed by atoms with Gasteiger partial charge in [-0.1, -0.05) is 0 Å². The highest BCUT2D eigenvalue weighted by Gasteiger charge is 2.50. The maximum Gasteiger partial charge on any atom is 0.186 e. The van der Waals surface area contributed by atoms with E-state index in [4.69, 9.17) is 11.1 Å². The van der Waals surface area contributed by atoms with Crippen LogP contribution in [0.25, 0.3) is 0 Å². The molecule has 0 amide bonds. The first-order chi connectivity index (χ1) is 6.65. The highest BCUT2D eigenvalue weighted by Crippen LogP contribution is 2.55. The van der Waals surface area contributed by atoms with Gasteiger partial charge in [-0.05, 0) is 56.3 Å². The zero-order valence-electron chi connectivity index (χ0n) is 8.55. The average Bonchev–Trinajstić information content (AvgIpc) is 1.96. The van der Waals surface area contributed by atoms with Crippen molar-refractivity contribution in [3.05, 3.63) is 0 Å². The van der Waals surface area contributed by atoms with Crippen LogP contribution in [0, 0.1) is 23.2 Å². The summed E-state index contributed by atoms with van der Waals surface area (Å²) in [6.45, 7) is 0. The Morgan fingerprint density at radius 3 is 1.86 bits per heavy atom. The molecule has 0 heterocycles. The minimum absolute atomic E-state index is 0.173. The van der Waals surface area contributed by atoms with Gasteiger partial charge in [-0.3, -0.25) is 5.41 Å². The molecule has 0 unspecified atom stereocenters. The molecule has 14 heavy (non-hydrogen) atoms. The van der Waals surface area contributed by atoms with Crippen molar-refractivity contribution in [3.63, 3.8) is 0 Å². The molecular formula is C11H19N3. The van der Waals surface area contributed by atoms with Gasteiger partial charge in [0.05, 0.1) is 0 Å². The maximum absolute atomic E-state index is 7.40. The summed E-state index contributed by atoms with van der Waals surface area (Å²) in [4.78, 5) is 0. The van der Waals surface area contributed by atoms with Crippen LogP contribution in [0.3, 0.4) is 0 Å². The van der Waals surface area contributed by atoms with Gasteiger partial charge < -0.3 is 11.1 Å². The Morgan fingerprint density at radius 1 is 1.07 bits per heavy atom. The van der Waals surface area contributed by atoms with Crippen LogP contribution in [-0.2, 0) is 0 Å². The lowest BCUT2D eigenvalue weighted by molar-refractivity contribution is -0.0103. The first-order valence-electron chi connectivity index (χ1n) is 5.77. The minimum Gasteiger partial charge on any atom is -0.370 e. The largest absolute Gasteiger partial charge is 0.370 e. The smallest absolute Gasteiger partial charge is 0.186 e. The number of hydrogen-bond acceptors (Lipinski definition) is 1. The summed E-state index contributed by atoms with van der Waals surface area (Å²) in [5.41, 5.74) is 5.71. The third-order valence-corrected chi connectivity index (χ3v) is 4.44. The third-order valence-electron chi connectivity index (χ3n) is 4.44. The van der Waals surface area contributed by atoms with Gasteiger partial charge in [0, 0.05) is 5.54 Å². The standard InChI is InChI=1S/C11H19N3/c12-10(13)14-11-4-7-1-8(5-11)3-9(2-7)6-11/h7-9H,1-6H2,(H4,12,13,14). The Bertz CT molecular complexity index is 236. The first-order valence-corrected chi connectivity index (χ1v) is 5.77. The summed E-state index contributed by atoms with van der Waals surface area (Å²) in [7, 11) is 0. The van der Waals surface area contributed by atoms with Crippen molar-refractivity contribution in [2.24, 2.45) is 23.5 Å². The van der Waals surface area contributed by atoms with Gasteiger partial charge in [-0.2, -0.15) is 0 Å². The molecule has 0 saturated heterocycles. The molecule has 3 nitrogen and oxygen atoms in total. The predicted molar refractivity (Wildman–Crippen MR) is 56.0 cm³/mol. The van der Waals surface area contributed by atoms with Crippen LogP contribution in [0.4, 0.5) is 0 Å². The molecule has 4 bridgehead atoms. The first kappa shape index (κ1) is 8.57. The number of guanidine groups is 1. The van der Waals surface area contributed by atoms with E-state index in [0.717, 1.165) is 17.8 Å². The van der Waals surface area contributed by atoms with Crippen LogP contribution in [0.15, 0.2) is 0 Å². The van der Waals surface area contributed by atoms with E-state index in [1.54, 1.807) is 0 Å². The maximum atomic E-state index is 7.40. The number of nitrogens with two attached hydrogens (primary N) is 1. The average molecular weight is 193 g/mol. The van der Waals surface area contributed by atoms with Crippen LogP contribution in [-0.4, -0.2) is 11.5 Å². The van der Waals surface area contributed by atoms with Crippen molar-refractivity contribution in [1.82, 2.24) is 5.32 Å². The molecule has 4 fully saturated rings. The molecule has 0 aromatic rings. The molecule has 4 aliphatic carbocycles. The summed E-state index contributed by atoms with van der Waals surface area (Å²) in [6, 6.07) is 0. The van der Waals surface area contributed by atoms with E-state index >= 15 is 0 Å². The summed E-state index contributed by atoms with van der Waals surface area (Å²) in [5.74, 6) is 2.95. The third kappa shape index (κ3) is 1.22. The molecule has 4 saturated carbocycles. The number of nitrogens with one attached hydrogen (secondary N) is 2. The van der Waals surface area contributed by atoms with Crippen LogP contribution < -0.4 is 11.1 Å². The molecule has 0 radical (unpaired) electrons. The highest BCUT2D eigenvalue weighted by atomic mass is 15.1. The Labute approximate surface area is 84.9 Å². The van der Waals surface area contributed by atoms with Gasteiger partial charge in [0.15, 0.2) is 5.96 Å². The predicted octanol–water partition coefficient (Wildman–Crippen LogP) is 1.44. The van der Waals surface area contributed by atoms with E-state index in [0.29, 0.717) is 0 Å². The van der Waals surface area contributed by atoms with Gasteiger partial charge >= 0.3 is 0 Å². The second kappa shape index (κ2) is 2.65. The summed E-state index contributed by atoms with van der Waals surface area (Å²) < 4.78 is 0. The Hall–Kier alpha value is -0.730. The van der Waals surface area contributed by atoms with Crippen LogP contribution in [0.2, 0.25) is 0 Å². The van der Waals surface area contributed by atoms with Gasteiger partial charge in [-0.25, -0.2) is 0 Å². The SMILES string of the molecule is N=C(N)NC12CC3CC(CC(C3)C1)C2. The lowest BCUT2D eigenvalue weighted by Gasteiger charge is -2.57. The summed E-state index contributed by atoms with van der Waals surface area (Å²) >= 11 is 0. The molecule has 0 aliphatic heterocycles. The van der Waals surface area contributed by atoms with E-state index in [1.807, 2.05) is 0 Å². The monoisotopic (exact) mass is 193 g/mol. The van der Waals surface area contributed by atoms with Crippen molar-refractivity contribution < 1.29 is 0 Å². The topological polar surface area (TPSA) is 61.9 Å². The molecule has 3 heteroatoms. The van der Waals surface area contributed by atoms with E-state index in [2.05, 4.69) is 5.32 Å². The second-order valence-electron chi connectivity index (χ2n) is 5.74. The molecule has 0 aromatic carbocycles. The lowest BCUT2D eigenvalue weighted by atomic mass is 9.53. The molecule has 0 aromatic heterocycles. The van der Waals surface area contributed by atoms with Gasteiger partial charge in [0.25, 0.3) is 0 Å². The lowest BCUT2D eigenvalue weighted by Crippen LogP contribution is -2.61. The van der Waals surface area contributed by atoms with Crippen molar-refractivity contribution in [3.8, 4) is 0 Å². The molecule has 4 rings (SSSR count). The van der Waals surface area contributed by atoms with E-state index in [-0.39, 0.29) is 11.5 Å². The van der Waals surface area contributed by atoms with Crippen molar-refractivity contribution in [2.75, 3.05) is 0 Å². The fourth-order valence-corrected chi connectivity index (χ4v) is 4.55. The minimum atomic E-state index is 0.173. The molecule has 78 valence electrons. The summed E-state index contributed by atoms with van der Waals surface area (Å²) in [5, 5.41) is 10.6. The fraction of sp³-hybridized carbons (Fsp3) is 0.909. The number of hydrogen-bond donors (Lipinski definition) is 3. The Morgan fingerprint density at radius 2 is 1.50 bits per heavy atom. The summed E-state index contributed by atoms with van der Waals surface area (Å²) in [6.07, 6.45) is 8.12. The van der Waals surface area contributed by atoms with E-state index in [9.17, 15) is 0 Å². The molecule has 0 spiro atoms. The van der Waals surface area contributed by atoms with E-state index in [1.165, 1.54) is 38.5 Å². The zero-order chi connectivity index (χ0) is 9.76. The normalized spacial score (nSPS) is 49.3. The second-order valence-corrected chi connectivity index (χ2v) is 5.74. The fourth-order valence-electron chi connectivity index (χ4n) is 4.55. The molecular weight excluding hydrogens is 174 g/mol. The molecule has 0 atom stereocenters. The zero-order valence-corrected chi connectivity index (χ0v) is 8.55. The van der Waals surface area contributed by atoms with Crippen molar-refractivity contribution >= 4 is 5.96 Å². The van der Waals surface area contributed by atoms with Crippen LogP contribution in [0.5, 0.6) is 0 Å².